The lowest BCUT2D eigenvalue weighted by Crippen LogP contribution is -2.40. The summed E-state index contributed by atoms with van der Waals surface area (Å²) in [4.78, 5) is 5.37. The van der Waals surface area contributed by atoms with E-state index in [0.29, 0.717) is 0 Å². The van der Waals surface area contributed by atoms with E-state index >= 15 is 0 Å². The smallest absolute Gasteiger partial charge is 0.153 e. The number of fused-ring (bicyclic) bond motifs is 5. The molecular formula is C46H34N2. The van der Waals surface area contributed by atoms with Crippen LogP contribution in [0.25, 0.3) is 49.9 Å². The third-order valence-corrected chi connectivity index (χ3v) is 9.95. The van der Waals surface area contributed by atoms with Crippen LogP contribution in [0.15, 0.2) is 175 Å². The highest BCUT2D eigenvalue weighted by molar-refractivity contribution is 6.14. The average Bonchev–Trinajstić information content (AvgIpc) is 3.55. The second kappa shape index (κ2) is 11.4. The molecule has 0 bridgehead atoms. The zero-order valence-electron chi connectivity index (χ0n) is 26.8. The number of hydrogen-bond donors (Lipinski definition) is 1. The van der Waals surface area contributed by atoms with Crippen molar-refractivity contribution in [2.75, 3.05) is 0 Å². The van der Waals surface area contributed by atoms with Crippen LogP contribution in [0.4, 0.5) is 0 Å². The molecule has 2 nitrogen and oxygen atoms in total. The van der Waals surface area contributed by atoms with Gasteiger partial charge in [-0.05, 0) is 98.0 Å². The first-order chi connectivity index (χ1) is 23.6. The first-order valence-electron chi connectivity index (χ1n) is 16.7. The van der Waals surface area contributed by atoms with Crippen molar-refractivity contribution in [3.05, 3.63) is 198 Å². The highest BCUT2D eigenvalue weighted by atomic mass is 15.2. The molecule has 0 aromatic heterocycles. The Balaban J connectivity index is 1.17. The van der Waals surface area contributed by atoms with E-state index in [2.05, 4.69) is 182 Å². The van der Waals surface area contributed by atoms with Gasteiger partial charge in [-0.2, -0.15) is 0 Å². The third-order valence-electron chi connectivity index (χ3n) is 9.95. The molecule has 0 saturated heterocycles. The largest absolute Gasteiger partial charge is 0.357 e. The summed E-state index contributed by atoms with van der Waals surface area (Å²) < 4.78 is 0. The first kappa shape index (κ1) is 28.3. The summed E-state index contributed by atoms with van der Waals surface area (Å²) in [6.07, 6.45) is 3.11. The maximum Gasteiger partial charge on any atom is 0.153 e. The lowest BCUT2D eigenvalue weighted by atomic mass is 9.91. The fraction of sp³-hybridized carbons (Fsp3) is 0.0652. The highest BCUT2D eigenvalue weighted by Crippen LogP contribution is 2.47. The number of allylic oxidation sites excluding steroid dienone is 1. The van der Waals surface area contributed by atoms with Crippen LogP contribution >= 0.6 is 0 Å². The number of nitrogens with zero attached hydrogens (tertiary/aromatic N) is 1. The highest BCUT2D eigenvalue weighted by Gasteiger charge is 2.31. The summed E-state index contributed by atoms with van der Waals surface area (Å²) in [5.41, 5.74) is 15.3. The van der Waals surface area contributed by atoms with E-state index in [1.54, 1.807) is 0 Å². The van der Waals surface area contributed by atoms with Crippen LogP contribution in [-0.2, 0) is 12.1 Å². The zero-order valence-corrected chi connectivity index (χ0v) is 26.8. The van der Waals surface area contributed by atoms with Gasteiger partial charge in [0, 0.05) is 11.3 Å². The molecule has 7 aromatic carbocycles. The molecule has 1 N–H and O–H groups in total. The molecule has 1 aliphatic heterocycles. The lowest BCUT2D eigenvalue weighted by Gasteiger charge is -2.34. The summed E-state index contributed by atoms with van der Waals surface area (Å²) in [7, 11) is 0. The Morgan fingerprint density at radius 2 is 1.08 bits per heavy atom. The van der Waals surface area contributed by atoms with Crippen LogP contribution in [0.1, 0.15) is 34.7 Å². The standard InChI is InChI=1S/C46H34N2/c1-46(35-21-9-4-10-22-35)47-44(32-17-7-3-8-18-32)30-45(48-46)34-20-13-19-33(27-34)36-25-14-26-39-41(36)29-43-38-24-12-11-23-37(38)40(28-42(39)43)31-15-5-2-6-16-31/h2-28,30,47H,29H2,1H3. The molecule has 2 heteroatoms. The Labute approximate surface area is 281 Å². The van der Waals surface area contributed by atoms with E-state index in [9.17, 15) is 0 Å². The van der Waals surface area contributed by atoms with Gasteiger partial charge in [-0.1, -0.05) is 152 Å². The van der Waals surface area contributed by atoms with Crippen molar-refractivity contribution in [1.29, 1.82) is 0 Å². The molecule has 0 fully saturated rings. The Bertz CT molecular complexity index is 2390. The first-order valence-corrected chi connectivity index (χ1v) is 16.7. The van der Waals surface area contributed by atoms with Crippen LogP contribution in [-0.4, -0.2) is 5.71 Å². The van der Waals surface area contributed by atoms with Crippen molar-refractivity contribution in [2.24, 2.45) is 4.99 Å². The van der Waals surface area contributed by atoms with Gasteiger partial charge in [0.15, 0.2) is 5.66 Å². The van der Waals surface area contributed by atoms with Crippen molar-refractivity contribution in [1.82, 2.24) is 5.32 Å². The molecule has 0 amide bonds. The Morgan fingerprint density at radius 3 is 1.85 bits per heavy atom. The predicted molar refractivity (Wildman–Crippen MR) is 201 cm³/mol. The van der Waals surface area contributed by atoms with Crippen molar-refractivity contribution in [3.8, 4) is 33.4 Å². The van der Waals surface area contributed by atoms with Crippen molar-refractivity contribution < 1.29 is 0 Å². The Kier molecular flexibility index (Phi) is 6.69. The maximum atomic E-state index is 5.37. The third kappa shape index (κ3) is 4.77. The molecule has 1 heterocycles. The van der Waals surface area contributed by atoms with Gasteiger partial charge in [0.1, 0.15) is 0 Å². The van der Waals surface area contributed by atoms with E-state index in [-0.39, 0.29) is 0 Å². The summed E-state index contributed by atoms with van der Waals surface area (Å²) >= 11 is 0. The minimum absolute atomic E-state index is 0.611. The second-order valence-corrected chi connectivity index (χ2v) is 12.9. The second-order valence-electron chi connectivity index (χ2n) is 12.9. The fourth-order valence-corrected chi connectivity index (χ4v) is 7.60. The van der Waals surface area contributed by atoms with Gasteiger partial charge in [-0.25, -0.2) is 0 Å². The minimum atomic E-state index is -0.611. The molecule has 1 atom stereocenters. The van der Waals surface area contributed by atoms with Crippen LogP contribution < -0.4 is 5.32 Å². The monoisotopic (exact) mass is 614 g/mol. The summed E-state index contributed by atoms with van der Waals surface area (Å²) in [5.74, 6) is 0. The Hall–Kier alpha value is -5.99. The molecule has 1 aliphatic carbocycles. The topological polar surface area (TPSA) is 24.4 Å². The molecular weight excluding hydrogens is 581 g/mol. The van der Waals surface area contributed by atoms with E-state index in [1.165, 1.54) is 55.3 Å². The number of hydrogen-bond acceptors (Lipinski definition) is 2. The SMILES string of the molecule is CC1(c2ccccc2)N=C(c2cccc(-c3cccc4c3Cc3c-4cc(-c4ccccc4)c4ccccc34)c2)C=C(c2ccccc2)N1. The molecule has 9 rings (SSSR count). The quantitative estimate of drug-likeness (QED) is 0.205. The molecule has 48 heavy (non-hydrogen) atoms. The zero-order chi connectivity index (χ0) is 32.1. The van der Waals surface area contributed by atoms with Crippen molar-refractivity contribution in [2.45, 2.75) is 19.0 Å². The number of rotatable bonds is 5. The van der Waals surface area contributed by atoms with E-state index in [1.807, 2.05) is 0 Å². The number of aliphatic imine (C=N–C) groups is 1. The molecule has 1 unspecified atom stereocenters. The summed E-state index contributed by atoms with van der Waals surface area (Å²) in [6.45, 7) is 2.16. The molecule has 2 aliphatic rings. The van der Waals surface area contributed by atoms with Crippen LogP contribution in [0.3, 0.4) is 0 Å². The summed E-state index contributed by atoms with van der Waals surface area (Å²) in [6, 6.07) is 58.9. The van der Waals surface area contributed by atoms with Gasteiger partial charge in [0.25, 0.3) is 0 Å². The molecule has 228 valence electrons. The van der Waals surface area contributed by atoms with Gasteiger partial charge >= 0.3 is 0 Å². The molecule has 0 spiro atoms. The average molecular weight is 615 g/mol. The Morgan fingerprint density at radius 1 is 0.479 bits per heavy atom. The van der Waals surface area contributed by atoms with E-state index in [0.717, 1.165) is 34.5 Å². The fourth-order valence-electron chi connectivity index (χ4n) is 7.60. The number of benzene rings is 7. The molecule has 0 saturated carbocycles. The van der Waals surface area contributed by atoms with E-state index in [4.69, 9.17) is 4.99 Å². The van der Waals surface area contributed by atoms with Crippen molar-refractivity contribution >= 4 is 22.2 Å². The number of nitrogens with one attached hydrogen (secondary N) is 1. The summed E-state index contributed by atoms with van der Waals surface area (Å²) in [5, 5.41) is 6.41. The van der Waals surface area contributed by atoms with Gasteiger partial charge < -0.3 is 5.32 Å². The molecule has 0 radical (unpaired) electrons. The minimum Gasteiger partial charge on any atom is -0.357 e. The molecule has 7 aromatic rings. The lowest BCUT2D eigenvalue weighted by molar-refractivity contribution is 0.447. The van der Waals surface area contributed by atoms with Gasteiger partial charge in [0.2, 0.25) is 0 Å². The van der Waals surface area contributed by atoms with Crippen molar-refractivity contribution in [3.63, 3.8) is 0 Å². The maximum absolute atomic E-state index is 5.37. The van der Waals surface area contributed by atoms with Crippen LogP contribution in [0.5, 0.6) is 0 Å². The normalized spacial score (nSPS) is 16.4. The van der Waals surface area contributed by atoms with Gasteiger partial charge in [-0.15, -0.1) is 0 Å². The van der Waals surface area contributed by atoms with E-state index < -0.39 is 5.66 Å². The van der Waals surface area contributed by atoms with Crippen LogP contribution in [0.2, 0.25) is 0 Å². The van der Waals surface area contributed by atoms with Gasteiger partial charge in [-0.3, -0.25) is 4.99 Å². The van der Waals surface area contributed by atoms with Gasteiger partial charge in [0.05, 0.1) is 5.71 Å². The predicted octanol–water partition coefficient (Wildman–Crippen LogP) is 11.1. The van der Waals surface area contributed by atoms with Crippen LogP contribution in [0, 0.1) is 0 Å².